The Morgan fingerprint density at radius 1 is 0.931 bits per heavy atom. The number of hydrogen-bond donors (Lipinski definition) is 2. The molecule has 0 aromatic heterocycles. The maximum Gasteiger partial charge on any atom is 0.131 e. The van der Waals surface area contributed by atoms with Gasteiger partial charge < -0.3 is 29.2 Å². The first-order valence-electron chi connectivity index (χ1n) is 9.86. The molecule has 2 aromatic carbocycles. The van der Waals surface area contributed by atoms with E-state index in [-0.39, 0.29) is 13.2 Å². The summed E-state index contributed by atoms with van der Waals surface area (Å²) in [6.45, 7) is 5.77. The third-order valence-electron chi connectivity index (χ3n) is 5.01. The smallest absolute Gasteiger partial charge is 0.131 e. The van der Waals surface area contributed by atoms with E-state index in [2.05, 4.69) is 0 Å². The van der Waals surface area contributed by atoms with E-state index in [4.69, 9.17) is 18.9 Å². The van der Waals surface area contributed by atoms with Crippen LogP contribution in [0.5, 0.6) is 17.2 Å². The van der Waals surface area contributed by atoms with Crippen LogP contribution in [0.2, 0.25) is 0 Å². The molecule has 2 unspecified atom stereocenters. The maximum atomic E-state index is 9.81. The minimum Gasteiger partial charge on any atom is -0.501 e. The van der Waals surface area contributed by atoms with Crippen molar-refractivity contribution in [2.45, 2.75) is 45.8 Å². The molecular weight excluding hydrogens is 372 g/mol. The second-order valence-corrected chi connectivity index (χ2v) is 7.56. The number of hydrogen-bond acceptors (Lipinski definition) is 6. The second-order valence-electron chi connectivity index (χ2n) is 7.56. The van der Waals surface area contributed by atoms with Gasteiger partial charge in [0.05, 0.1) is 32.2 Å². The molecule has 3 rings (SSSR count). The molecule has 2 aromatic rings. The fraction of sp³-hybridized carbons (Fsp3) is 0.478. The van der Waals surface area contributed by atoms with Crippen molar-refractivity contribution >= 4 is 10.8 Å². The van der Waals surface area contributed by atoms with Crippen LogP contribution in [-0.4, -0.2) is 49.9 Å². The molecule has 1 aliphatic carbocycles. The van der Waals surface area contributed by atoms with Crippen LogP contribution in [-0.2, 0) is 17.6 Å². The van der Waals surface area contributed by atoms with E-state index in [1.54, 1.807) is 28.1 Å². The number of fused-ring (bicyclic) bond motifs is 2. The van der Waals surface area contributed by atoms with Crippen LogP contribution >= 0.6 is 0 Å². The highest BCUT2D eigenvalue weighted by Gasteiger charge is 2.27. The predicted molar refractivity (Wildman–Crippen MR) is 112 cm³/mol. The molecule has 0 aliphatic heterocycles. The first-order valence-corrected chi connectivity index (χ1v) is 9.86. The van der Waals surface area contributed by atoms with Crippen molar-refractivity contribution < 1.29 is 29.2 Å². The van der Waals surface area contributed by atoms with Crippen molar-refractivity contribution in [3.05, 3.63) is 40.7 Å². The summed E-state index contributed by atoms with van der Waals surface area (Å²) in [6, 6.07) is 3.89. The quantitative estimate of drug-likeness (QED) is 0.706. The van der Waals surface area contributed by atoms with E-state index in [1.807, 2.05) is 25.1 Å². The largest absolute Gasteiger partial charge is 0.501 e. The molecular formula is C23H30O6. The molecule has 0 saturated heterocycles. The maximum absolute atomic E-state index is 9.81. The molecule has 29 heavy (non-hydrogen) atoms. The van der Waals surface area contributed by atoms with Gasteiger partial charge in [-0.15, -0.1) is 0 Å². The van der Waals surface area contributed by atoms with Crippen LogP contribution < -0.4 is 14.2 Å². The lowest BCUT2D eigenvalue weighted by atomic mass is 9.88. The molecule has 0 bridgehead atoms. The van der Waals surface area contributed by atoms with E-state index >= 15 is 0 Å². The predicted octanol–water partition coefficient (Wildman–Crippen LogP) is 3.30. The van der Waals surface area contributed by atoms with Gasteiger partial charge in [0, 0.05) is 28.3 Å². The Morgan fingerprint density at radius 3 is 2.17 bits per heavy atom. The highest BCUT2D eigenvalue weighted by Crippen LogP contribution is 2.46. The highest BCUT2D eigenvalue weighted by atomic mass is 16.5. The summed E-state index contributed by atoms with van der Waals surface area (Å²) in [6.07, 6.45) is 2.06. The first kappa shape index (κ1) is 21.3. The summed E-state index contributed by atoms with van der Waals surface area (Å²) in [4.78, 5) is 0. The molecule has 0 spiro atoms. The zero-order chi connectivity index (χ0) is 21.1. The first-order chi connectivity index (χ1) is 13.8. The lowest BCUT2D eigenvalue weighted by Gasteiger charge is -2.27. The van der Waals surface area contributed by atoms with Gasteiger partial charge in [-0.3, -0.25) is 0 Å². The van der Waals surface area contributed by atoms with Gasteiger partial charge in [0.15, 0.2) is 0 Å². The van der Waals surface area contributed by atoms with Gasteiger partial charge in [-0.05, 0) is 51.0 Å². The molecule has 158 valence electrons. The van der Waals surface area contributed by atoms with Crippen LogP contribution in [0.4, 0.5) is 0 Å². The minimum atomic E-state index is -0.591. The van der Waals surface area contributed by atoms with Crippen LogP contribution in [0.3, 0.4) is 0 Å². The number of aryl methyl sites for hydroxylation is 1. The third kappa shape index (κ3) is 4.43. The molecule has 0 radical (unpaired) electrons. The van der Waals surface area contributed by atoms with Crippen molar-refractivity contribution in [3.63, 3.8) is 0 Å². The van der Waals surface area contributed by atoms with Crippen LogP contribution in [0.25, 0.3) is 10.8 Å². The fourth-order valence-corrected chi connectivity index (χ4v) is 3.69. The molecule has 2 atom stereocenters. The van der Waals surface area contributed by atoms with Gasteiger partial charge in [-0.1, -0.05) is 0 Å². The van der Waals surface area contributed by atoms with E-state index in [0.717, 1.165) is 50.5 Å². The van der Waals surface area contributed by atoms with E-state index in [0.29, 0.717) is 12.8 Å². The summed E-state index contributed by atoms with van der Waals surface area (Å²) in [5.41, 5.74) is 2.98. The van der Waals surface area contributed by atoms with E-state index in [1.165, 1.54) is 0 Å². The second kappa shape index (κ2) is 8.93. The molecule has 0 fully saturated rings. The van der Waals surface area contributed by atoms with Crippen molar-refractivity contribution in [3.8, 4) is 17.2 Å². The van der Waals surface area contributed by atoms with Gasteiger partial charge in [-0.25, -0.2) is 0 Å². The summed E-state index contributed by atoms with van der Waals surface area (Å²) in [7, 11) is 3.29. The van der Waals surface area contributed by atoms with Crippen LogP contribution in [0, 0.1) is 6.92 Å². The van der Waals surface area contributed by atoms with Gasteiger partial charge in [-0.2, -0.15) is 0 Å². The van der Waals surface area contributed by atoms with Crippen LogP contribution in [0.1, 0.15) is 30.5 Å². The lowest BCUT2D eigenvalue weighted by Crippen LogP contribution is -2.18. The Kier molecular flexibility index (Phi) is 6.55. The molecule has 6 nitrogen and oxygen atoms in total. The molecule has 0 heterocycles. The summed E-state index contributed by atoms with van der Waals surface area (Å²) < 4.78 is 23.2. The topological polar surface area (TPSA) is 77.4 Å². The number of rotatable bonds is 8. The molecule has 0 saturated carbocycles. The fourth-order valence-electron chi connectivity index (χ4n) is 3.69. The monoisotopic (exact) mass is 402 g/mol. The van der Waals surface area contributed by atoms with Crippen molar-refractivity contribution in [2.24, 2.45) is 0 Å². The number of aliphatic hydroxyl groups excluding tert-OH is 2. The minimum absolute atomic E-state index is 0.187. The van der Waals surface area contributed by atoms with Crippen molar-refractivity contribution in [1.82, 2.24) is 0 Å². The van der Waals surface area contributed by atoms with Gasteiger partial charge in [0.25, 0.3) is 0 Å². The average Bonchev–Trinajstić information content (AvgIpc) is 2.69. The Morgan fingerprint density at radius 2 is 1.59 bits per heavy atom. The zero-order valence-corrected chi connectivity index (χ0v) is 17.7. The van der Waals surface area contributed by atoms with Gasteiger partial charge >= 0.3 is 0 Å². The van der Waals surface area contributed by atoms with Crippen molar-refractivity contribution in [2.75, 3.05) is 27.4 Å². The number of ether oxygens (including phenoxy) is 4. The Hall–Kier alpha value is -2.44. The lowest BCUT2D eigenvalue weighted by molar-refractivity contribution is 0.120. The number of aliphatic hydroxyl groups is 2. The van der Waals surface area contributed by atoms with Gasteiger partial charge in [0.1, 0.15) is 30.5 Å². The van der Waals surface area contributed by atoms with Crippen molar-refractivity contribution in [1.29, 1.82) is 0 Å². The summed E-state index contributed by atoms with van der Waals surface area (Å²) >= 11 is 0. The van der Waals surface area contributed by atoms with Gasteiger partial charge in [0.2, 0.25) is 0 Å². The Labute approximate surface area is 171 Å². The molecule has 0 amide bonds. The Balaban J connectivity index is 2.30. The average molecular weight is 402 g/mol. The SMILES string of the molecule is COC1=CCc2c(c(OCC(C)O)c3c(C)cc(OC)cc3c2OCC(C)O)C1. The molecule has 1 aliphatic rings. The summed E-state index contributed by atoms with van der Waals surface area (Å²) in [5, 5.41) is 21.4. The third-order valence-corrected chi connectivity index (χ3v) is 5.01. The summed E-state index contributed by atoms with van der Waals surface area (Å²) in [5.74, 6) is 3.06. The van der Waals surface area contributed by atoms with Crippen LogP contribution in [0.15, 0.2) is 24.0 Å². The standard InChI is InChI=1S/C23H30O6/c1-13-8-17(27-5)10-20-21(13)23(29-12-15(3)25)19-9-16(26-4)6-7-18(19)22(20)28-11-14(2)24/h6,8,10,14-15,24-25H,7,9,11-12H2,1-5H3. The molecule has 6 heteroatoms. The normalized spacial score (nSPS) is 15.3. The van der Waals surface area contributed by atoms with E-state index < -0.39 is 12.2 Å². The Bertz CT molecular complexity index is 914. The zero-order valence-electron chi connectivity index (χ0n) is 17.7. The highest BCUT2D eigenvalue weighted by molar-refractivity contribution is 5.99. The number of benzene rings is 2. The number of allylic oxidation sites excluding steroid dienone is 2. The number of methoxy groups -OCH3 is 2. The van der Waals surface area contributed by atoms with E-state index in [9.17, 15) is 10.2 Å². The molecule has 2 N–H and O–H groups in total.